The van der Waals surface area contributed by atoms with Crippen molar-refractivity contribution in [3.8, 4) is 0 Å². The second kappa shape index (κ2) is 9.87. The van der Waals surface area contributed by atoms with Gasteiger partial charge in [-0.25, -0.2) is 10.4 Å². The van der Waals surface area contributed by atoms with Gasteiger partial charge >= 0.3 is 0 Å². The van der Waals surface area contributed by atoms with Crippen molar-refractivity contribution < 1.29 is 10.2 Å². The number of aromatic amines is 1. The number of aromatic nitrogens is 2. The summed E-state index contributed by atoms with van der Waals surface area (Å²) in [6, 6.07) is 15.6. The number of nitrogens with two attached hydrogens (primary N) is 2. The van der Waals surface area contributed by atoms with Crippen molar-refractivity contribution in [2.24, 2.45) is 10.7 Å². The summed E-state index contributed by atoms with van der Waals surface area (Å²) in [7, 11) is 0. The van der Waals surface area contributed by atoms with Crippen molar-refractivity contribution in [1.29, 1.82) is 0 Å². The molecule has 2 aliphatic heterocycles. The van der Waals surface area contributed by atoms with Crippen LogP contribution in [0.25, 0.3) is 16.6 Å². The number of piperidine rings is 1. The van der Waals surface area contributed by atoms with Gasteiger partial charge in [-0.15, -0.1) is 0 Å². The third kappa shape index (κ3) is 4.69. The first kappa shape index (κ1) is 21.8. The van der Waals surface area contributed by atoms with Gasteiger partial charge in [0.05, 0.1) is 29.1 Å². The maximum Gasteiger partial charge on any atom is 0.255 e. The third-order valence-electron chi connectivity index (χ3n) is 5.95. The van der Waals surface area contributed by atoms with Crippen LogP contribution in [0.2, 0.25) is 0 Å². The van der Waals surface area contributed by atoms with E-state index in [1.165, 1.54) is 6.20 Å². The maximum atomic E-state index is 12.7. The average Bonchev–Trinajstić information content (AvgIpc) is 3.54. The maximum absolute atomic E-state index is 12.7. The number of amides is 1. The summed E-state index contributed by atoms with van der Waals surface area (Å²) >= 11 is 0. The fraction of sp³-hybridized carbons (Fsp3) is 0.208. The highest BCUT2D eigenvalue weighted by Gasteiger charge is 2.23. The molecular formula is C24H28N9O+. The smallest absolute Gasteiger partial charge is 0.255 e. The molecule has 0 spiro atoms. The van der Waals surface area contributed by atoms with E-state index >= 15 is 0 Å². The van der Waals surface area contributed by atoms with Crippen LogP contribution >= 0.6 is 0 Å². The Labute approximate surface area is 196 Å². The lowest BCUT2D eigenvalue weighted by Crippen LogP contribution is -2.90. The topological polar surface area (TPSA) is 140 Å². The van der Waals surface area contributed by atoms with Gasteiger partial charge < -0.3 is 16.4 Å². The van der Waals surface area contributed by atoms with Gasteiger partial charge in [-0.1, -0.05) is 23.7 Å². The fourth-order valence-electron chi connectivity index (χ4n) is 4.05. The molecule has 1 saturated heterocycles. The Morgan fingerprint density at radius 2 is 1.97 bits per heavy atom. The lowest BCUT2D eigenvalue weighted by molar-refractivity contribution is -0.618. The Hall–Kier alpha value is -3.99. The van der Waals surface area contributed by atoms with Crippen molar-refractivity contribution in [3.63, 3.8) is 0 Å². The number of rotatable bonds is 6. The van der Waals surface area contributed by atoms with Crippen LogP contribution in [0.1, 0.15) is 28.9 Å². The Balaban J connectivity index is 1.23. The van der Waals surface area contributed by atoms with Crippen LogP contribution in [0, 0.1) is 0 Å². The Morgan fingerprint density at radius 3 is 2.76 bits per heavy atom. The number of fused-ring (bicyclic) bond motifs is 1. The van der Waals surface area contributed by atoms with Gasteiger partial charge in [0.25, 0.3) is 5.91 Å². The largest absolute Gasteiger partial charge is 0.403 e. The molecule has 2 aromatic carbocycles. The summed E-state index contributed by atoms with van der Waals surface area (Å²) in [5.74, 6) is -0.236. The van der Waals surface area contributed by atoms with Gasteiger partial charge in [0.1, 0.15) is 0 Å². The summed E-state index contributed by atoms with van der Waals surface area (Å²) in [6.45, 7) is 1.92. The molecule has 5 rings (SSSR count). The molecule has 0 atom stereocenters. The third-order valence-corrected chi connectivity index (χ3v) is 5.95. The number of allylic oxidation sites excluding steroid dienone is 1. The van der Waals surface area contributed by atoms with Gasteiger partial charge in [0, 0.05) is 23.4 Å². The van der Waals surface area contributed by atoms with Crippen molar-refractivity contribution in [2.75, 3.05) is 18.1 Å². The van der Waals surface area contributed by atoms with Crippen molar-refractivity contribution in [3.05, 3.63) is 77.9 Å². The molecular weight excluding hydrogens is 430 g/mol. The second-order valence-electron chi connectivity index (χ2n) is 8.23. The lowest BCUT2D eigenvalue weighted by atomic mass is 10.1. The minimum absolute atomic E-state index is 0.236. The van der Waals surface area contributed by atoms with E-state index in [2.05, 4.69) is 31.4 Å². The Morgan fingerprint density at radius 1 is 1.18 bits per heavy atom. The van der Waals surface area contributed by atoms with Gasteiger partial charge in [0.2, 0.25) is 0 Å². The van der Waals surface area contributed by atoms with Crippen LogP contribution in [0.4, 0.5) is 5.69 Å². The van der Waals surface area contributed by atoms with E-state index in [4.69, 9.17) is 5.73 Å². The normalized spacial score (nSPS) is 17.5. The number of aliphatic imine (C=N–C) groups is 1. The first-order chi connectivity index (χ1) is 16.7. The van der Waals surface area contributed by atoms with Crippen LogP contribution in [-0.4, -0.2) is 41.5 Å². The molecule has 1 amide bonds. The lowest BCUT2D eigenvalue weighted by Gasteiger charge is -2.18. The van der Waals surface area contributed by atoms with Gasteiger partial charge in [-0.3, -0.25) is 14.9 Å². The molecule has 3 heterocycles. The number of quaternary nitrogens is 1. The van der Waals surface area contributed by atoms with E-state index in [-0.39, 0.29) is 11.9 Å². The predicted octanol–water partition coefficient (Wildman–Crippen LogP) is 0.717. The number of anilines is 1. The van der Waals surface area contributed by atoms with E-state index in [1.54, 1.807) is 18.3 Å². The number of hydrogen-bond acceptors (Lipinski definition) is 7. The van der Waals surface area contributed by atoms with E-state index in [0.29, 0.717) is 11.3 Å². The number of para-hydroxylation sites is 1. The van der Waals surface area contributed by atoms with Gasteiger partial charge in [-0.2, -0.15) is 5.10 Å². The summed E-state index contributed by atoms with van der Waals surface area (Å²) in [5, 5.41) is 16.6. The first-order valence-electron chi connectivity index (χ1n) is 11.3. The minimum atomic E-state index is -0.236. The monoisotopic (exact) mass is 458 g/mol. The molecule has 10 nitrogen and oxygen atoms in total. The Bertz CT molecular complexity index is 1250. The van der Waals surface area contributed by atoms with E-state index in [9.17, 15) is 4.79 Å². The summed E-state index contributed by atoms with van der Waals surface area (Å²) in [5.41, 5.74) is 15.6. The molecule has 8 N–H and O–H groups in total. The number of H-pyrrole nitrogens is 1. The molecule has 0 aliphatic carbocycles. The molecule has 1 fully saturated rings. The number of nitrogens with zero attached hydrogens (tertiary/aromatic N) is 3. The molecule has 0 saturated carbocycles. The average molecular weight is 459 g/mol. The summed E-state index contributed by atoms with van der Waals surface area (Å²) < 4.78 is 0. The number of carbonyl (C=O) groups excluding carboxylic acids is 1. The number of hydrazine groups is 1. The minimum Gasteiger partial charge on any atom is -0.403 e. The zero-order valence-electron chi connectivity index (χ0n) is 18.7. The van der Waals surface area contributed by atoms with E-state index in [0.717, 1.165) is 53.9 Å². The fourth-order valence-corrected chi connectivity index (χ4v) is 4.05. The second-order valence-corrected chi connectivity index (χ2v) is 8.23. The Kier molecular flexibility index (Phi) is 6.34. The molecule has 0 radical (unpaired) electrons. The standard InChI is InChI=1S/C24H27N9O/c25-13-18(14-27-17-9-11-26-12-10-17)28-24(34)16-5-7-19(8-6-16)33-15-22(30-32-33)23-20-3-1-2-4-21(20)29-31-23/h1-8,13-15,17,26,30,32H,9-12,25H2,(H,28,34)(H,29,31)/p+1. The number of carbonyl (C=O) groups is 1. The van der Waals surface area contributed by atoms with Crippen LogP contribution < -0.4 is 32.3 Å². The molecule has 0 bridgehead atoms. The highest BCUT2D eigenvalue weighted by atomic mass is 16.1. The number of hydrogen-bond donors (Lipinski definition) is 6. The molecule has 10 heteroatoms. The highest BCUT2D eigenvalue weighted by Crippen LogP contribution is 2.22. The van der Waals surface area contributed by atoms with Crippen molar-refractivity contribution in [2.45, 2.75) is 18.9 Å². The van der Waals surface area contributed by atoms with E-state index in [1.807, 2.05) is 53.0 Å². The van der Waals surface area contributed by atoms with Crippen molar-refractivity contribution in [1.82, 2.24) is 26.4 Å². The van der Waals surface area contributed by atoms with Crippen molar-refractivity contribution >= 4 is 34.4 Å². The van der Waals surface area contributed by atoms with Crippen LogP contribution in [0.15, 0.2) is 71.6 Å². The van der Waals surface area contributed by atoms with E-state index < -0.39 is 0 Å². The zero-order chi connectivity index (χ0) is 23.3. The molecule has 2 aliphatic rings. The number of benzene rings is 2. The molecule has 34 heavy (non-hydrogen) atoms. The summed E-state index contributed by atoms with van der Waals surface area (Å²) in [6.07, 6.45) is 6.96. The SMILES string of the molecule is NC=C(C=NC1CCNCC1)NC(=O)c1ccc(N2C=C(c3n[nH]c4ccccc34)[NH2+]N2)cc1. The zero-order valence-corrected chi connectivity index (χ0v) is 18.7. The molecule has 1 aromatic heterocycles. The quantitative estimate of drug-likeness (QED) is 0.238. The summed E-state index contributed by atoms with van der Waals surface area (Å²) in [4.78, 5) is 17.2. The first-order valence-corrected chi connectivity index (χ1v) is 11.3. The molecule has 174 valence electrons. The molecule has 3 aromatic rings. The van der Waals surface area contributed by atoms with Crippen LogP contribution in [0.5, 0.6) is 0 Å². The highest BCUT2D eigenvalue weighted by molar-refractivity contribution is 5.99. The van der Waals surface area contributed by atoms with Gasteiger partial charge in [0.15, 0.2) is 11.4 Å². The van der Waals surface area contributed by atoms with Gasteiger partial charge in [-0.05, 0) is 56.3 Å². The van der Waals surface area contributed by atoms with Crippen LogP contribution in [-0.2, 0) is 0 Å². The van der Waals surface area contributed by atoms with Crippen LogP contribution in [0.3, 0.4) is 0 Å². The predicted molar refractivity (Wildman–Crippen MR) is 132 cm³/mol. The molecule has 0 unspecified atom stereocenters. The number of nitrogens with one attached hydrogen (secondary N) is 4.